The maximum Gasteiger partial charge on any atom is 0.277 e. The second-order valence-electron chi connectivity index (χ2n) is 10.7. The number of amides is 2. The maximum absolute atomic E-state index is 14.0. The fourth-order valence-corrected chi connectivity index (χ4v) is 4.76. The van der Waals surface area contributed by atoms with Crippen LogP contribution in [0, 0.1) is 0 Å². The molecule has 0 spiro atoms. The Bertz CT molecular complexity index is 1070. The Morgan fingerprint density at radius 1 is 1.23 bits per heavy atom. The molecule has 0 aliphatic carbocycles. The predicted octanol–water partition coefficient (Wildman–Crippen LogP) is 5.74. The summed E-state index contributed by atoms with van der Waals surface area (Å²) >= 11 is 6.35. The van der Waals surface area contributed by atoms with E-state index in [4.69, 9.17) is 21.4 Å². The van der Waals surface area contributed by atoms with Gasteiger partial charge < -0.3 is 10.1 Å². The zero-order valence-corrected chi connectivity index (χ0v) is 22.8. The average Bonchev–Trinajstić information content (AvgIpc) is 3.22. The number of nitrogens with zero attached hydrogens (tertiary/aromatic N) is 3. The molecule has 2 heterocycles. The number of unbranched alkanes of at least 4 members (excludes halogenated alkanes) is 1. The molecule has 2 amide bonds. The fourth-order valence-electron chi connectivity index (χ4n) is 4.59. The van der Waals surface area contributed by atoms with Gasteiger partial charge in [0, 0.05) is 16.5 Å². The van der Waals surface area contributed by atoms with Crippen molar-refractivity contribution < 1.29 is 14.3 Å². The van der Waals surface area contributed by atoms with Crippen LogP contribution in [0.3, 0.4) is 0 Å². The molecule has 2 unspecified atom stereocenters. The highest BCUT2D eigenvalue weighted by Gasteiger charge is 2.50. The van der Waals surface area contributed by atoms with Crippen molar-refractivity contribution in [1.29, 1.82) is 0 Å². The second kappa shape index (κ2) is 10.6. The first kappa shape index (κ1) is 27.1. The van der Waals surface area contributed by atoms with Gasteiger partial charge in [0.25, 0.3) is 5.91 Å². The number of aromatic nitrogens is 2. The van der Waals surface area contributed by atoms with E-state index in [1.165, 1.54) is 0 Å². The summed E-state index contributed by atoms with van der Waals surface area (Å²) in [5.41, 5.74) is 0.233. The molecule has 8 heteroatoms. The third kappa shape index (κ3) is 5.50. The van der Waals surface area contributed by atoms with Gasteiger partial charge in [0.15, 0.2) is 0 Å². The smallest absolute Gasteiger partial charge is 0.277 e. The highest BCUT2D eigenvalue weighted by atomic mass is 35.5. The van der Waals surface area contributed by atoms with Crippen LogP contribution in [-0.2, 0) is 16.8 Å². The molecule has 0 saturated carbocycles. The summed E-state index contributed by atoms with van der Waals surface area (Å²) in [5, 5.41) is 8.45. The van der Waals surface area contributed by atoms with E-state index in [1.807, 2.05) is 6.07 Å². The number of anilines is 1. The van der Waals surface area contributed by atoms with Crippen molar-refractivity contribution in [2.24, 2.45) is 0 Å². The molecule has 2 atom stereocenters. The zero-order chi connectivity index (χ0) is 26.0. The van der Waals surface area contributed by atoms with Gasteiger partial charge in [-0.05, 0) is 44.0 Å². The number of halogens is 1. The SMILES string of the molecule is CCCCC(CCC)NC(=O)C1(C)Cn2nc(C(C)(C)C)cc2C(=O)N1c1cc(Cl)ccc1OC. The first-order valence-corrected chi connectivity index (χ1v) is 12.9. The van der Waals surface area contributed by atoms with Crippen molar-refractivity contribution in [3.8, 4) is 5.75 Å². The first-order valence-electron chi connectivity index (χ1n) is 12.5. The third-order valence-electron chi connectivity index (χ3n) is 6.67. The van der Waals surface area contributed by atoms with E-state index in [0.29, 0.717) is 22.2 Å². The minimum Gasteiger partial charge on any atom is -0.495 e. The summed E-state index contributed by atoms with van der Waals surface area (Å²) in [6.45, 7) is 12.4. The number of carbonyl (C=O) groups is 2. The molecule has 7 nitrogen and oxygen atoms in total. The number of methoxy groups -OCH3 is 1. The van der Waals surface area contributed by atoms with Crippen molar-refractivity contribution in [1.82, 2.24) is 15.1 Å². The van der Waals surface area contributed by atoms with Crippen LogP contribution in [0.1, 0.15) is 89.8 Å². The Morgan fingerprint density at radius 2 is 1.94 bits per heavy atom. The Labute approximate surface area is 214 Å². The van der Waals surface area contributed by atoms with E-state index < -0.39 is 5.54 Å². The Hall–Kier alpha value is -2.54. The first-order chi connectivity index (χ1) is 16.5. The number of carbonyl (C=O) groups excluding carboxylic acids is 2. The van der Waals surface area contributed by atoms with Crippen molar-refractivity contribution in [3.63, 3.8) is 0 Å². The van der Waals surface area contributed by atoms with Gasteiger partial charge in [-0.2, -0.15) is 5.10 Å². The van der Waals surface area contributed by atoms with Gasteiger partial charge in [0.2, 0.25) is 5.91 Å². The largest absolute Gasteiger partial charge is 0.495 e. The standard InChI is InChI=1S/C27H39ClN4O3/c1-8-10-12-19(11-9-2)29-25(34)27(6)17-31-21(16-23(30-31)26(3,4)5)24(33)32(27)20-15-18(28)13-14-22(20)35-7/h13-16,19H,8-12,17H2,1-7H3,(H,29,34). The number of benzene rings is 1. The lowest BCUT2D eigenvalue weighted by molar-refractivity contribution is -0.127. The van der Waals surface area contributed by atoms with Crippen LogP contribution < -0.4 is 15.0 Å². The molecule has 1 aromatic carbocycles. The minimum atomic E-state index is -1.23. The number of hydrogen-bond donors (Lipinski definition) is 1. The van der Waals surface area contributed by atoms with Crippen LogP contribution in [0.15, 0.2) is 24.3 Å². The van der Waals surface area contributed by atoms with E-state index in [-0.39, 0.29) is 29.8 Å². The second-order valence-corrected chi connectivity index (χ2v) is 11.1. The third-order valence-corrected chi connectivity index (χ3v) is 6.91. The van der Waals surface area contributed by atoms with Crippen LogP contribution in [0.25, 0.3) is 0 Å². The highest BCUT2D eigenvalue weighted by molar-refractivity contribution is 6.31. The summed E-state index contributed by atoms with van der Waals surface area (Å²) in [6.07, 6.45) is 4.85. The monoisotopic (exact) mass is 502 g/mol. The molecule has 35 heavy (non-hydrogen) atoms. The van der Waals surface area contributed by atoms with E-state index in [1.54, 1.807) is 41.8 Å². The molecule has 1 aromatic heterocycles. The molecule has 2 aromatic rings. The van der Waals surface area contributed by atoms with E-state index in [0.717, 1.165) is 37.8 Å². The lowest BCUT2D eigenvalue weighted by Crippen LogP contribution is -2.65. The van der Waals surface area contributed by atoms with Gasteiger partial charge in [-0.1, -0.05) is 65.5 Å². The van der Waals surface area contributed by atoms with Crippen LogP contribution in [-0.4, -0.2) is 40.3 Å². The number of ether oxygens (including phenoxy) is 1. The zero-order valence-electron chi connectivity index (χ0n) is 22.1. The van der Waals surface area contributed by atoms with E-state index in [2.05, 4.69) is 39.9 Å². The summed E-state index contributed by atoms with van der Waals surface area (Å²) in [7, 11) is 1.54. The van der Waals surface area contributed by atoms with Crippen molar-refractivity contribution in [2.75, 3.05) is 12.0 Å². The minimum absolute atomic E-state index is 0.0478. The molecule has 3 rings (SSSR count). The lowest BCUT2D eigenvalue weighted by atomic mass is 9.91. The summed E-state index contributed by atoms with van der Waals surface area (Å²) < 4.78 is 7.27. The molecular formula is C27H39ClN4O3. The van der Waals surface area contributed by atoms with E-state index in [9.17, 15) is 9.59 Å². The van der Waals surface area contributed by atoms with Crippen LogP contribution >= 0.6 is 11.6 Å². The molecule has 0 bridgehead atoms. The maximum atomic E-state index is 14.0. The Kier molecular flexibility index (Phi) is 8.20. The molecular weight excluding hydrogens is 464 g/mol. The number of hydrogen-bond acceptors (Lipinski definition) is 4. The number of fused-ring (bicyclic) bond motifs is 1. The Balaban J connectivity index is 2.13. The van der Waals surface area contributed by atoms with Crippen molar-refractivity contribution in [3.05, 3.63) is 40.7 Å². The highest BCUT2D eigenvalue weighted by Crippen LogP contribution is 2.40. The topological polar surface area (TPSA) is 76.5 Å². The normalized spacial score (nSPS) is 18.9. The fraction of sp³-hybridized carbons (Fsp3) is 0.593. The molecule has 0 radical (unpaired) electrons. The van der Waals surface area contributed by atoms with Crippen molar-refractivity contribution >= 4 is 29.1 Å². The summed E-state index contributed by atoms with van der Waals surface area (Å²) in [4.78, 5) is 29.5. The summed E-state index contributed by atoms with van der Waals surface area (Å²) in [6, 6.07) is 6.98. The Morgan fingerprint density at radius 3 is 2.54 bits per heavy atom. The summed E-state index contributed by atoms with van der Waals surface area (Å²) in [5.74, 6) is -0.0409. The van der Waals surface area contributed by atoms with Crippen LogP contribution in [0.5, 0.6) is 5.75 Å². The lowest BCUT2D eigenvalue weighted by Gasteiger charge is -2.44. The van der Waals surface area contributed by atoms with Gasteiger partial charge >= 0.3 is 0 Å². The molecule has 1 aliphatic rings. The van der Waals surface area contributed by atoms with Gasteiger partial charge in [0.05, 0.1) is 25.0 Å². The van der Waals surface area contributed by atoms with Gasteiger partial charge in [-0.3, -0.25) is 19.2 Å². The van der Waals surface area contributed by atoms with Gasteiger partial charge in [-0.25, -0.2) is 0 Å². The molecule has 1 aliphatic heterocycles. The quantitative estimate of drug-likeness (QED) is 0.474. The molecule has 0 saturated heterocycles. The average molecular weight is 503 g/mol. The van der Waals surface area contributed by atoms with Gasteiger partial charge in [0.1, 0.15) is 17.0 Å². The van der Waals surface area contributed by atoms with Crippen LogP contribution in [0.4, 0.5) is 5.69 Å². The molecule has 1 N–H and O–H groups in total. The van der Waals surface area contributed by atoms with Crippen LogP contribution in [0.2, 0.25) is 5.02 Å². The van der Waals surface area contributed by atoms with E-state index >= 15 is 0 Å². The van der Waals surface area contributed by atoms with Gasteiger partial charge in [-0.15, -0.1) is 0 Å². The predicted molar refractivity (Wildman–Crippen MR) is 141 cm³/mol. The molecule has 0 fully saturated rings. The number of rotatable bonds is 9. The van der Waals surface area contributed by atoms with Crippen molar-refractivity contribution in [2.45, 2.75) is 97.2 Å². The molecule has 192 valence electrons. The number of nitrogens with one attached hydrogen (secondary N) is 1.